The van der Waals surface area contributed by atoms with Crippen LogP contribution in [0.2, 0.25) is 0 Å². The number of likely N-dealkylation sites (tertiary alicyclic amines) is 1. The molecule has 0 saturated carbocycles. The van der Waals surface area contributed by atoms with E-state index in [1.165, 1.54) is 14.2 Å². The van der Waals surface area contributed by atoms with E-state index in [0.29, 0.717) is 13.0 Å². The van der Waals surface area contributed by atoms with E-state index < -0.39 is 0 Å². The van der Waals surface area contributed by atoms with Crippen molar-refractivity contribution >= 4 is 11.9 Å². The molecule has 1 saturated heterocycles. The molecule has 0 bridgehead atoms. The molecule has 0 unspecified atom stereocenters. The molecule has 1 aromatic carbocycles. The van der Waals surface area contributed by atoms with E-state index in [1.807, 2.05) is 35.2 Å². The van der Waals surface area contributed by atoms with Crippen LogP contribution in [0, 0.1) is 0 Å². The molecule has 1 aliphatic heterocycles. The number of hydrogen-bond donors (Lipinski definition) is 0. The lowest BCUT2D eigenvalue weighted by atomic mass is 9.91. The first-order valence-corrected chi connectivity index (χ1v) is 6.12. The van der Waals surface area contributed by atoms with E-state index in [1.54, 1.807) is 0 Å². The molecule has 0 aromatic heterocycles. The number of esters is 2. The zero-order valence-electron chi connectivity index (χ0n) is 11.0. The summed E-state index contributed by atoms with van der Waals surface area (Å²) in [5.41, 5.74) is 1.05. The first-order chi connectivity index (χ1) is 9.17. The maximum absolute atomic E-state index is 11.6. The molecular weight excluding hydrogens is 246 g/mol. The highest BCUT2D eigenvalue weighted by molar-refractivity contribution is 5.84. The van der Waals surface area contributed by atoms with Crippen LogP contribution in [0.3, 0.4) is 0 Å². The Hall–Kier alpha value is -1.88. The quantitative estimate of drug-likeness (QED) is 0.758. The smallest absolute Gasteiger partial charge is 0.323 e. The zero-order chi connectivity index (χ0) is 13.8. The summed E-state index contributed by atoms with van der Waals surface area (Å²) in [7, 11) is 2.71. The predicted molar refractivity (Wildman–Crippen MR) is 68.2 cm³/mol. The second kappa shape index (κ2) is 5.84. The molecule has 2 rings (SSSR count). The van der Waals surface area contributed by atoms with Crippen LogP contribution in [0.4, 0.5) is 0 Å². The van der Waals surface area contributed by atoms with Crippen LogP contribution in [0.5, 0.6) is 0 Å². The maximum atomic E-state index is 11.6. The van der Waals surface area contributed by atoms with Gasteiger partial charge in [-0.3, -0.25) is 14.5 Å². The fraction of sp³-hybridized carbons (Fsp3) is 0.429. The minimum absolute atomic E-state index is 0.309. The molecule has 0 N–H and O–H groups in total. The average Bonchev–Trinajstić information content (AvgIpc) is 2.44. The van der Waals surface area contributed by atoms with Crippen LogP contribution in [0.1, 0.15) is 12.0 Å². The topological polar surface area (TPSA) is 55.8 Å². The normalized spacial score (nSPS) is 22.4. The minimum atomic E-state index is -0.366. The number of ether oxygens (including phenoxy) is 2. The van der Waals surface area contributed by atoms with Gasteiger partial charge in [0, 0.05) is 6.54 Å². The number of nitrogens with zero attached hydrogens (tertiary/aromatic N) is 1. The third-order valence-corrected chi connectivity index (χ3v) is 3.40. The van der Waals surface area contributed by atoms with E-state index >= 15 is 0 Å². The number of carbonyl (C=O) groups excluding carboxylic acids is 2. The van der Waals surface area contributed by atoms with Gasteiger partial charge in [-0.25, -0.2) is 0 Å². The van der Waals surface area contributed by atoms with Crippen molar-refractivity contribution in [2.75, 3.05) is 14.2 Å². The van der Waals surface area contributed by atoms with Gasteiger partial charge < -0.3 is 9.47 Å². The Morgan fingerprint density at radius 1 is 1.11 bits per heavy atom. The van der Waals surface area contributed by atoms with Crippen LogP contribution < -0.4 is 0 Å². The predicted octanol–water partition coefficient (Wildman–Crippen LogP) is 0.975. The number of carbonyl (C=O) groups is 2. The summed E-state index contributed by atoms with van der Waals surface area (Å²) in [4.78, 5) is 25.1. The van der Waals surface area contributed by atoms with Crippen LogP contribution in [-0.4, -0.2) is 43.1 Å². The fourth-order valence-electron chi connectivity index (χ4n) is 2.31. The van der Waals surface area contributed by atoms with Gasteiger partial charge in [0.2, 0.25) is 0 Å². The standard InChI is InChI=1S/C14H17NO4/c1-18-13(16)11-8-12(14(17)19-2)15(11)9-10-6-4-3-5-7-10/h3-7,11-12H,8-9H2,1-2H3/t11-,12+. The molecule has 5 heteroatoms. The van der Waals surface area contributed by atoms with E-state index in [4.69, 9.17) is 9.47 Å². The Kier molecular flexibility index (Phi) is 4.16. The number of methoxy groups -OCH3 is 2. The van der Waals surface area contributed by atoms with Crippen LogP contribution in [-0.2, 0) is 25.6 Å². The molecule has 5 nitrogen and oxygen atoms in total. The Balaban J connectivity index is 2.10. The monoisotopic (exact) mass is 263 g/mol. The van der Waals surface area contributed by atoms with Gasteiger partial charge in [-0.05, 0) is 12.0 Å². The van der Waals surface area contributed by atoms with Crippen molar-refractivity contribution < 1.29 is 19.1 Å². The molecule has 0 amide bonds. The van der Waals surface area contributed by atoms with Crippen molar-refractivity contribution in [1.29, 1.82) is 0 Å². The molecule has 1 aliphatic rings. The van der Waals surface area contributed by atoms with Crippen molar-refractivity contribution in [1.82, 2.24) is 4.90 Å². The summed E-state index contributed by atoms with van der Waals surface area (Å²) in [6, 6.07) is 8.96. The van der Waals surface area contributed by atoms with Gasteiger partial charge in [0.1, 0.15) is 12.1 Å². The molecule has 102 valence electrons. The first kappa shape index (κ1) is 13.5. The third-order valence-electron chi connectivity index (χ3n) is 3.40. The van der Waals surface area contributed by atoms with Gasteiger partial charge in [-0.2, -0.15) is 0 Å². The molecule has 2 atom stereocenters. The lowest BCUT2D eigenvalue weighted by Gasteiger charge is -2.44. The summed E-state index contributed by atoms with van der Waals surface area (Å²) < 4.78 is 9.50. The molecule has 0 aliphatic carbocycles. The van der Waals surface area contributed by atoms with Crippen molar-refractivity contribution in [3.63, 3.8) is 0 Å². The van der Waals surface area contributed by atoms with Gasteiger partial charge in [-0.15, -0.1) is 0 Å². The van der Waals surface area contributed by atoms with Gasteiger partial charge in [-0.1, -0.05) is 30.3 Å². The highest BCUT2D eigenvalue weighted by Crippen LogP contribution is 2.29. The van der Waals surface area contributed by atoms with Crippen LogP contribution in [0.15, 0.2) is 30.3 Å². The fourth-order valence-corrected chi connectivity index (χ4v) is 2.31. The second-order valence-corrected chi connectivity index (χ2v) is 4.47. The van der Waals surface area contributed by atoms with E-state index in [9.17, 15) is 9.59 Å². The third kappa shape index (κ3) is 2.76. The summed E-state index contributed by atoms with van der Waals surface area (Å²) in [6.07, 6.45) is 0.451. The molecule has 1 heterocycles. The zero-order valence-corrected chi connectivity index (χ0v) is 11.0. The van der Waals surface area contributed by atoms with Crippen LogP contribution >= 0.6 is 0 Å². The summed E-state index contributed by atoms with van der Waals surface area (Å²) >= 11 is 0. The molecule has 0 spiro atoms. The summed E-state index contributed by atoms with van der Waals surface area (Å²) in [5.74, 6) is -0.618. The highest BCUT2D eigenvalue weighted by Gasteiger charge is 2.47. The maximum Gasteiger partial charge on any atom is 0.323 e. The van der Waals surface area contributed by atoms with E-state index in [-0.39, 0.29) is 24.0 Å². The van der Waals surface area contributed by atoms with Crippen molar-refractivity contribution in [2.24, 2.45) is 0 Å². The van der Waals surface area contributed by atoms with Crippen molar-refractivity contribution in [2.45, 2.75) is 25.0 Å². The van der Waals surface area contributed by atoms with Crippen LogP contribution in [0.25, 0.3) is 0 Å². The average molecular weight is 263 g/mol. The van der Waals surface area contributed by atoms with Gasteiger partial charge in [0.05, 0.1) is 14.2 Å². The molecule has 0 radical (unpaired) electrons. The van der Waals surface area contributed by atoms with Gasteiger partial charge in [0.25, 0.3) is 0 Å². The Bertz CT molecular complexity index is 438. The Morgan fingerprint density at radius 3 is 2.11 bits per heavy atom. The molecule has 19 heavy (non-hydrogen) atoms. The Morgan fingerprint density at radius 2 is 1.63 bits per heavy atom. The second-order valence-electron chi connectivity index (χ2n) is 4.47. The molecular formula is C14H17NO4. The van der Waals surface area contributed by atoms with Gasteiger partial charge >= 0.3 is 11.9 Å². The van der Waals surface area contributed by atoms with Crippen molar-refractivity contribution in [3.05, 3.63) is 35.9 Å². The van der Waals surface area contributed by atoms with Gasteiger partial charge in [0.15, 0.2) is 0 Å². The number of benzene rings is 1. The molecule has 1 aromatic rings. The number of hydrogen-bond acceptors (Lipinski definition) is 5. The summed E-state index contributed by atoms with van der Waals surface area (Å²) in [5, 5.41) is 0. The van der Waals surface area contributed by atoms with Crippen molar-refractivity contribution in [3.8, 4) is 0 Å². The lowest BCUT2D eigenvalue weighted by molar-refractivity contribution is -0.168. The SMILES string of the molecule is COC(=O)[C@H]1C[C@@H](C(=O)OC)N1Cc1ccccc1. The minimum Gasteiger partial charge on any atom is -0.468 e. The number of rotatable bonds is 4. The summed E-state index contributed by atoms with van der Waals surface area (Å²) in [6.45, 7) is 0.528. The van der Waals surface area contributed by atoms with E-state index in [0.717, 1.165) is 5.56 Å². The Labute approximate surface area is 112 Å². The first-order valence-electron chi connectivity index (χ1n) is 6.12. The molecule has 1 fully saturated rings. The lowest BCUT2D eigenvalue weighted by Crippen LogP contribution is -2.62. The highest BCUT2D eigenvalue weighted by atomic mass is 16.5. The largest absolute Gasteiger partial charge is 0.468 e. The van der Waals surface area contributed by atoms with E-state index in [2.05, 4.69) is 0 Å².